The third kappa shape index (κ3) is 5.78. The summed E-state index contributed by atoms with van der Waals surface area (Å²) in [4.78, 5) is 0.145. The molecular weight excluding hydrogens is 261 g/mol. The first kappa shape index (κ1) is 15.4. The molecule has 1 unspecified atom stereocenters. The molecule has 0 aliphatic rings. The predicted molar refractivity (Wildman–Crippen MR) is 67.5 cm³/mol. The number of aliphatic hydroxyl groups is 1. The minimum absolute atomic E-state index is 0.139. The molecule has 0 saturated carbocycles. The smallest absolute Gasteiger partial charge is 0.388 e. The molecule has 18 heavy (non-hydrogen) atoms. The Hall–Kier alpha value is -0.680. The first-order valence-corrected chi connectivity index (χ1v) is 6.78. The van der Waals surface area contributed by atoms with Crippen molar-refractivity contribution in [2.75, 3.05) is 0 Å². The van der Waals surface area contributed by atoms with E-state index in [1.54, 1.807) is 12.1 Å². The summed E-state index contributed by atoms with van der Waals surface area (Å²) in [6, 6.07) is 5.92. The van der Waals surface area contributed by atoms with Crippen molar-refractivity contribution in [2.45, 2.75) is 49.1 Å². The second-order valence-corrected chi connectivity index (χ2v) is 5.27. The molecule has 5 heteroatoms. The fourth-order valence-corrected chi connectivity index (χ4v) is 2.19. The van der Waals surface area contributed by atoms with Crippen molar-refractivity contribution in [2.24, 2.45) is 0 Å². The van der Waals surface area contributed by atoms with E-state index in [1.165, 1.54) is 12.1 Å². The highest BCUT2D eigenvalue weighted by atomic mass is 32.2. The van der Waals surface area contributed by atoms with Gasteiger partial charge in [-0.25, -0.2) is 0 Å². The van der Waals surface area contributed by atoms with Crippen molar-refractivity contribution < 1.29 is 18.3 Å². The molecule has 1 aromatic carbocycles. The van der Waals surface area contributed by atoms with E-state index in [4.69, 9.17) is 0 Å². The van der Waals surface area contributed by atoms with Crippen molar-refractivity contribution >= 4 is 11.8 Å². The molecule has 0 spiro atoms. The number of rotatable bonds is 6. The van der Waals surface area contributed by atoms with Crippen molar-refractivity contribution in [3.63, 3.8) is 0 Å². The average Bonchev–Trinajstić information content (AvgIpc) is 2.28. The molecule has 1 nitrogen and oxygen atoms in total. The quantitative estimate of drug-likeness (QED) is 0.589. The summed E-state index contributed by atoms with van der Waals surface area (Å²) < 4.78 is 36.4. The summed E-state index contributed by atoms with van der Waals surface area (Å²) in [5, 5.41) is 9.84. The normalized spacial score (nSPS) is 13.6. The zero-order chi connectivity index (χ0) is 13.6. The van der Waals surface area contributed by atoms with Gasteiger partial charge in [-0.1, -0.05) is 38.3 Å². The maximum atomic E-state index is 12.1. The number of unbranched alkanes of at least 4 members (excludes halogenated alkanes) is 2. The van der Waals surface area contributed by atoms with Gasteiger partial charge in [0.15, 0.2) is 0 Å². The Balaban J connectivity index is 2.54. The molecule has 0 heterocycles. The second kappa shape index (κ2) is 7.04. The maximum absolute atomic E-state index is 12.1. The van der Waals surface area contributed by atoms with Gasteiger partial charge in [0, 0.05) is 4.90 Å². The Labute approximate surface area is 109 Å². The lowest BCUT2D eigenvalue weighted by Crippen LogP contribution is -2.00. The van der Waals surface area contributed by atoms with Crippen LogP contribution in [0.1, 0.15) is 44.3 Å². The highest BCUT2D eigenvalue weighted by Crippen LogP contribution is 2.37. The van der Waals surface area contributed by atoms with E-state index in [1.807, 2.05) is 0 Å². The van der Waals surface area contributed by atoms with Crippen LogP contribution in [0.25, 0.3) is 0 Å². The van der Waals surface area contributed by atoms with Gasteiger partial charge in [-0.2, -0.15) is 13.2 Å². The number of hydrogen-bond donors (Lipinski definition) is 1. The monoisotopic (exact) mass is 278 g/mol. The van der Waals surface area contributed by atoms with Gasteiger partial charge in [0.05, 0.1) is 6.10 Å². The molecule has 0 bridgehead atoms. The number of alkyl halides is 3. The molecule has 102 valence electrons. The molecule has 0 aromatic heterocycles. The van der Waals surface area contributed by atoms with E-state index in [-0.39, 0.29) is 16.7 Å². The minimum Gasteiger partial charge on any atom is -0.388 e. The number of hydrogen-bond acceptors (Lipinski definition) is 2. The third-order valence-electron chi connectivity index (χ3n) is 2.58. The molecule has 0 fully saturated rings. The van der Waals surface area contributed by atoms with Gasteiger partial charge >= 0.3 is 5.51 Å². The van der Waals surface area contributed by atoms with Crippen LogP contribution in [0.4, 0.5) is 13.2 Å². The molecule has 1 N–H and O–H groups in total. The molecule has 0 radical (unpaired) electrons. The van der Waals surface area contributed by atoms with E-state index in [0.717, 1.165) is 19.3 Å². The minimum atomic E-state index is -4.26. The molecular formula is C13H17F3OS. The molecule has 1 aromatic rings. The van der Waals surface area contributed by atoms with Crippen molar-refractivity contribution in [1.82, 2.24) is 0 Å². The first-order valence-electron chi connectivity index (χ1n) is 5.96. The van der Waals surface area contributed by atoms with Crippen LogP contribution in [0.15, 0.2) is 29.2 Å². The summed E-state index contributed by atoms with van der Waals surface area (Å²) in [5.74, 6) is 0. The number of aliphatic hydroxyl groups excluding tert-OH is 1. The van der Waals surface area contributed by atoms with Crippen LogP contribution in [0.2, 0.25) is 0 Å². The van der Waals surface area contributed by atoms with Crippen LogP contribution in [0.3, 0.4) is 0 Å². The molecule has 1 rings (SSSR count). The van der Waals surface area contributed by atoms with Crippen LogP contribution in [-0.2, 0) is 0 Å². The van der Waals surface area contributed by atoms with Crippen LogP contribution < -0.4 is 0 Å². The summed E-state index contributed by atoms with van der Waals surface area (Å²) in [5.41, 5.74) is -3.58. The van der Waals surface area contributed by atoms with E-state index >= 15 is 0 Å². The highest BCUT2D eigenvalue weighted by Gasteiger charge is 2.29. The van der Waals surface area contributed by atoms with Crippen LogP contribution in [0, 0.1) is 0 Å². The zero-order valence-corrected chi connectivity index (χ0v) is 11.0. The summed E-state index contributed by atoms with van der Waals surface area (Å²) in [7, 11) is 0. The first-order chi connectivity index (χ1) is 8.42. The zero-order valence-electron chi connectivity index (χ0n) is 10.2. The molecule has 0 saturated heterocycles. The molecule has 0 aliphatic carbocycles. The lowest BCUT2D eigenvalue weighted by atomic mass is 10.0. The molecule has 1 atom stereocenters. The maximum Gasteiger partial charge on any atom is 0.446 e. The fraction of sp³-hybridized carbons (Fsp3) is 0.538. The third-order valence-corrected chi connectivity index (χ3v) is 3.32. The van der Waals surface area contributed by atoms with Gasteiger partial charge < -0.3 is 5.11 Å². The van der Waals surface area contributed by atoms with Gasteiger partial charge in [0.25, 0.3) is 0 Å². The Morgan fingerprint density at radius 2 is 1.78 bits per heavy atom. The average molecular weight is 278 g/mol. The summed E-state index contributed by atoms with van der Waals surface area (Å²) in [6.07, 6.45) is 3.13. The summed E-state index contributed by atoms with van der Waals surface area (Å²) >= 11 is -0.139. The van der Waals surface area contributed by atoms with Crippen LogP contribution in [0.5, 0.6) is 0 Å². The van der Waals surface area contributed by atoms with Crippen molar-refractivity contribution in [1.29, 1.82) is 0 Å². The van der Waals surface area contributed by atoms with Gasteiger partial charge in [-0.15, -0.1) is 0 Å². The SMILES string of the molecule is CCCCCC(O)c1ccc(SC(F)(F)F)cc1. The van der Waals surface area contributed by atoms with Crippen LogP contribution in [-0.4, -0.2) is 10.6 Å². The Kier molecular flexibility index (Phi) is 6.02. The standard InChI is InChI=1S/C13H17F3OS/c1-2-3-4-5-12(17)10-6-8-11(9-7-10)18-13(14,15)16/h6-9,12,17H,2-5H2,1H3. The highest BCUT2D eigenvalue weighted by molar-refractivity contribution is 8.00. The van der Waals surface area contributed by atoms with Crippen molar-refractivity contribution in [3.8, 4) is 0 Å². The van der Waals surface area contributed by atoms with Gasteiger partial charge in [0.2, 0.25) is 0 Å². The van der Waals surface area contributed by atoms with E-state index < -0.39 is 11.6 Å². The van der Waals surface area contributed by atoms with E-state index in [2.05, 4.69) is 6.92 Å². The predicted octanol–water partition coefficient (Wildman–Crippen LogP) is 4.91. The lowest BCUT2D eigenvalue weighted by Gasteiger charge is -2.11. The number of halogens is 3. The van der Waals surface area contributed by atoms with Crippen molar-refractivity contribution in [3.05, 3.63) is 29.8 Å². The Morgan fingerprint density at radius 1 is 1.17 bits per heavy atom. The fourth-order valence-electron chi connectivity index (χ4n) is 1.65. The largest absolute Gasteiger partial charge is 0.446 e. The lowest BCUT2D eigenvalue weighted by molar-refractivity contribution is -0.0328. The van der Waals surface area contributed by atoms with Crippen LogP contribution >= 0.6 is 11.8 Å². The van der Waals surface area contributed by atoms with Gasteiger partial charge in [-0.3, -0.25) is 0 Å². The number of benzene rings is 1. The Morgan fingerprint density at radius 3 is 2.28 bits per heavy atom. The van der Waals surface area contributed by atoms with Gasteiger partial charge in [0.1, 0.15) is 0 Å². The summed E-state index contributed by atoms with van der Waals surface area (Å²) in [6.45, 7) is 2.08. The molecule has 0 amide bonds. The number of thioether (sulfide) groups is 1. The second-order valence-electron chi connectivity index (χ2n) is 4.13. The Bertz CT molecular complexity index is 348. The van der Waals surface area contributed by atoms with E-state index in [0.29, 0.717) is 12.0 Å². The topological polar surface area (TPSA) is 20.2 Å². The van der Waals surface area contributed by atoms with E-state index in [9.17, 15) is 18.3 Å². The molecule has 0 aliphatic heterocycles. The van der Waals surface area contributed by atoms with Gasteiger partial charge in [-0.05, 0) is 35.9 Å².